The van der Waals surface area contributed by atoms with E-state index in [0.29, 0.717) is 6.04 Å². The summed E-state index contributed by atoms with van der Waals surface area (Å²) in [5, 5.41) is 5.50. The Balaban J connectivity index is 2.00. The Labute approximate surface area is 95.0 Å². The molecule has 1 aromatic heterocycles. The predicted octanol–water partition coefficient (Wildman–Crippen LogP) is 2.57. The van der Waals surface area contributed by atoms with Crippen LogP contribution in [0, 0.1) is 0 Å². The van der Waals surface area contributed by atoms with Gasteiger partial charge in [0.05, 0.1) is 12.9 Å². The van der Waals surface area contributed by atoms with Gasteiger partial charge in [0.2, 0.25) is 0 Å². The van der Waals surface area contributed by atoms with Crippen molar-refractivity contribution in [3.63, 3.8) is 0 Å². The molecule has 1 unspecified atom stereocenters. The second kappa shape index (κ2) is 5.33. The molecule has 0 radical (unpaired) electrons. The minimum atomic E-state index is 0.434. The number of nitrogens with one attached hydrogen (secondary N) is 1. The fourth-order valence-corrected chi connectivity index (χ4v) is 2.64. The molecule has 2 rings (SSSR count). The molecule has 0 amide bonds. The fourth-order valence-electron chi connectivity index (χ4n) is 1.89. The highest BCUT2D eigenvalue weighted by molar-refractivity contribution is 7.09. The summed E-state index contributed by atoms with van der Waals surface area (Å²) >= 11 is 1.82. The van der Waals surface area contributed by atoms with E-state index in [1.807, 2.05) is 24.6 Å². The molecule has 15 heavy (non-hydrogen) atoms. The van der Waals surface area contributed by atoms with Gasteiger partial charge in [-0.1, -0.05) is 6.07 Å². The monoisotopic (exact) mass is 223 g/mol. The normalized spacial score (nSPS) is 18.1. The summed E-state index contributed by atoms with van der Waals surface area (Å²) in [6.07, 6.45) is 5.33. The Hall–Kier alpha value is -0.800. The number of hydrogen-bond acceptors (Lipinski definition) is 3. The molecule has 82 valence electrons. The van der Waals surface area contributed by atoms with Gasteiger partial charge in [-0.2, -0.15) is 0 Å². The van der Waals surface area contributed by atoms with Crippen LogP contribution < -0.4 is 5.32 Å². The lowest BCUT2D eigenvalue weighted by molar-refractivity contribution is 0.220. The summed E-state index contributed by atoms with van der Waals surface area (Å²) in [4.78, 5) is 1.43. The Bertz CT molecular complexity index is 318. The lowest BCUT2D eigenvalue weighted by Gasteiger charge is -2.22. The first kappa shape index (κ1) is 10.7. The van der Waals surface area contributed by atoms with Crippen molar-refractivity contribution in [3.05, 3.63) is 34.2 Å². The number of ether oxygens (including phenoxy) is 1. The Morgan fingerprint density at radius 1 is 1.60 bits per heavy atom. The van der Waals surface area contributed by atoms with E-state index >= 15 is 0 Å². The SMILES string of the molecule is CNC(Cc1cccs1)C1=COCCC1. The van der Waals surface area contributed by atoms with Crippen molar-refractivity contribution >= 4 is 11.3 Å². The van der Waals surface area contributed by atoms with Gasteiger partial charge in [-0.3, -0.25) is 0 Å². The Morgan fingerprint density at radius 2 is 2.53 bits per heavy atom. The molecule has 1 aromatic rings. The minimum Gasteiger partial charge on any atom is -0.501 e. The molecule has 0 aromatic carbocycles. The third-order valence-electron chi connectivity index (χ3n) is 2.74. The number of hydrogen-bond donors (Lipinski definition) is 1. The third kappa shape index (κ3) is 2.83. The van der Waals surface area contributed by atoms with Crippen molar-refractivity contribution in [1.29, 1.82) is 0 Å². The van der Waals surface area contributed by atoms with Crippen molar-refractivity contribution in [3.8, 4) is 0 Å². The quantitative estimate of drug-likeness (QED) is 0.847. The molecule has 0 saturated carbocycles. The summed E-state index contributed by atoms with van der Waals surface area (Å²) in [6.45, 7) is 0.874. The lowest BCUT2D eigenvalue weighted by atomic mass is 9.99. The zero-order valence-electron chi connectivity index (χ0n) is 9.03. The minimum absolute atomic E-state index is 0.434. The van der Waals surface area contributed by atoms with Gasteiger partial charge >= 0.3 is 0 Å². The first-order chi connectivity index (χ1) is 7.40. The van der Waals surface area contributed by atoms with Gasteiger partial charge in [-0.05, 0) is 36.9 Å². The van der Waals surface area contributed by atoms with Gasteiger partial charge in [0.15, 0.2) is 0 Å². The highest BCUT2D eigenvalue weighted by Crippen LogP contribution is 2.20. The van der Waals surface area contributed by atoms with E-state index in [-0.39, 0.29) is 0 Å². The highest BCUT2D eigenvalue weighted by atomic mass is 32.1. The number of rotatable bonds is 4. The van der Waals surface area contributed by atoms with E-state index in [4.69, 9.17) is 4.74 Å². The van der Waals surface area contributed by atoms with Crippen LogP contribution in [0.2, 0.25) is 0 Å². The van der Waals surface area contributed by atoms with Crippen LogP contribution in [0.4, 0.5) is 0 Å². The molecule has 0 aliphatic carbocycles. The predicted molar refractivity (Wildman–Crippen MR) is 64.1 cm³/mol. The molecule has 0 fully saturated rings. The number of likely N-dealkylation sites (N-methyl/N-ethyl adjacent to an activating group) is 1. The maximum atomic E-state index is 5.39. The molecule has 1 aliphatic rings. The van der Waals surface area contributed by atoms with Crippen LogP contribution in [-0.4, -0.2) is 19.7 Å². The van der Waals surface area contributed by atoms with Crippen molar-refractivity contribution in [1.82, 2.24) is 5.32 Å². The van der Waals surface area contributed by atoms with Crippen molar-refractivity contribution in [2.75, 3.05) is 13.7 Å². The van der Waals surface area contributed by atoms with Gasteiger partial charge in [0.25, 0.3) is 0 Å². The zero-order chi connectivity index (χ0) is 10.5. The Kier molecular flexibility index (Phi) is 3.80. The van der Waals surface area contributed by atoms with Crippen LogP contribution in [-0.2, 0) is 11.2 Å². The molecule has 1 N–H and O–H groups in total. The van der Waals surface area contributed by atoms with E-state index < -0.39 is 0 Å². The maximum Gasteiger partial charge on any atom is 0.0876 e. The molecule has 1 atom stereocenters. The van der Waals surface area contributed by atoms with Crippen LogP contribution >= 0.6 is 11.3 Å². The zero-order valence-corrected chi connectivity index (χ0v) is 9.85. The maximum absolute atomic E-state index is 5.39. The van der Waals surface area contributed by atoms with Crippen LogP contribution in [0.15, 0.2) is 29.3 Å². The van der Waals surface area contributed by atoms with Crippen molar-refractivity contribution in [2.45, 2.75) is 25.3 Å². The summed E-state index contributed by atoms with van der Waals surface area (Å²) in [5.41, 5.74) is 1.40. The van der Waals surface area contributed by atoms with Crippen molar-refractivity contribution < 1.29 is 4.74 Å². The van der Waals surface area contributed by atoms with Crippen LogP contribution in [0.25, 0.3) is 0 Å². The standard InChI is InChI=1S/C12H17NOS/c1-13-12(8-11-5-3-7-15-11)10-4-2-6-14-9-10/h3,5,7,9,12-13H,2,4,6,8H2,1H3. The molecule has 0 spiro atoms. The second-order valence-corrected chi connectivity index (χ2v) is 4.82. The van der Waals surface area contributed by atoms with E-state index in [1.165, 1.54) is 10.5 Å². The van der Waals surface area contributed by atoms with Gasteiger partial charge in [0, 0.05) is 17.3 Å². The second-order valence-electron chi connectivity index (χ2n) is 3.79. The summed E-state index contributed by atoms with van der Waals surface area (Å²) < 4.78 is 5.39. The van der Waals surface area contributed by atoms with Crippen LogP contribution in [0.3, 0.4) is 0 Å². The fraction of sp³-hybridized carbons (Fsp3) is 0.500. The molecule has 3 heteroatoms. The molecular formula is C12H17NOS. The average molecular weight is 223 g/mol. The smallest absolute Gasteiger partial charge is 0.0876 e. The first-order valence-corrected chi connectivity index (χ1v) is 6.28. The summed E-state index contributed by atoms with van der Waals surface area (Å²) in [6, 6.07) is 4.74. The summed E-state index contributed by atoms with van der Waals surface area (Å²) in [5.74, 6) is 0. The van der Waals surface area contributed by atoms with Gasteiger partial charge in [0.1, 0.15) is 0 Å². The van der Waals surface area contributed by atoms with Crippen molar-refractivity contribution in [2.24, 2.45) is 0 Å². The van der Waals surface area contributed by atoms with E-state index in [1.54, 1.807) is 0 Å². The molecule has 1 aliphatic heterocycles. The van der Waals surface area contributed by atoms with Gasteiger partial charge in [-0.25, -0.2) is 0 Å². The molecule has 0 bridgehead atoms. The molecule has 2 nitrogen and oxygen atoms in total. The summed E-state index contributed by atoms with van der Waals surface area (Å²) in [7, 11) is 2.02. The van der Waals surface area contributed by atoms with E-state index in [2.05, 4.69) is 22.8 Å². The number of thiophene rings is 1. The molecular weight excluding hydrogens is 206 g/mol. The van der Waals surface area contributed by atoms with E-state index in [9.17, 15) is 0 Å². The Morgan fingerprint density at radius 3 is 3.13 bits per heavy atom. The van der Waals surface area contributed by atoms with Gasteiger partial charge < -0.3 is 10.1 Å². The van der Waals surface area contributed by atoms with E-state index in [0.717, 1.165) is 25.9 Å². The van der Waals surface area contributed by atoms with Gasteiger partial charge in [-0.15, -0.1) is 11.3 Å². The average Bonchev–Trinajstić information content (AvgIpc) is 2.80. The largest absolute Gasteiger partial charge is 0.501 e. The first-order valence-electron chi connectivity index (χ1n) is 5.40. The van der Waals surface area contributed by atoms with Crippen LogP contribution in [0.1, 0.15) is 17.7 Å². The topological polar surface area (TPSA) is 21.3 Å². The van der Waals surface area contributed by atoms with Crippen LogP contribution in [0.5, 0.6) is 0 Å². The molecule has 0 saturated heterocycles. The molecule has 2 heterocycles. The third-order valence-corrected chi connectivity index (χ3v) is 3.64. The highest BCUT2D eigenvalue weighted by Gasteiger charge is 2.16. The lowest BCUT2D eigenvalue weighted by Crippen LogP contribution is -2.30.